The van der Waals surface area contributed by atoms with E-state index in [9.17, 15) is 4.79 Å². The SMILES string of the molecule is COC(=O)C(N)C1(CC2CCCCC2)CC1. The summed E-state index contributed by atoms with van der Waals surface area (Å²) in [6.45, 7) is 0. The van der Waals surface area contributed by atoms with Gasteiger partial charge < -0.3 is 10.5 Å². The van der Waals surface area contributed by atoms with Crippen LogP contribution in [0.5, 0.6) is 0 Å². The summed E-state index contributed by atoms with van der Waals surface area (Å²) in [4.78, 5) is 11.5. The maximum atomic E-state index is 11.5. The molecule has 0 saturated heterocycles. The van der Waals surface area contributed by atoms with Gasteiger partial charge in [-0.15, -0.1) is 0 Å². The monoisotopic (exact) mass is 225 g/mol. The lowest BCUT2D eigenvalue weighted by atomic mass is 9.79. The minimum absolute atomic E-state index is 0.0924. The van der Waals surface area contributed by atoms with Crippen LogP contribution in [0, 0.1) is 11.3 Å². The van der Waals surface area contributed by atoms with Crippen LogP contribution in [0.3, 0.4) is 0 Å². The van der Waals surface area contributed by atoms with E-state index in [1.807, 2.05) is 0 Å². The topological polar surface area (TPSA) is 52.3 Å². The van der Waals surface area contributed by atoms with Crippen molar-refractivity contribution in [2.45, 2.75) is 57.4 Å². The number of nitrogens with two attached hydrogens (primary N) is 1. The second-order valence-electron chi connectivity index (χ2n) is 5.57. The summed E-state index contributed by atoms with van der Waals surface area (Å²) < 4.78 is 4.76. The minimum Gasteiger partial charge on any atom is -0.468 e. The van der Waals surface area contributed by atoms with Crippen LogP contribution < -0.4 is 5.73 Å². The van der Waals surface area contributed by atoms with Crippen LogP contribution in [0.15, 0.2) is 0 Å². The van der Waals surface area contributed by atoms with Crippen molar-refractivity contribution in [3.05, 3.63) is 0 Å². The summed E-state index contributed by atoms with van der Waals surface area (Å²) in [6.07, 6.45) is 10.1. The molecule has 2 N–H and O–H groups in total. The molecule has 16 heavy (non-hydrogen) atoms. The first-order chi connectivity index (χ1) is 7.68. The van der Waals surface area contributed by atoms with Gasteiger partial charge in [0.05, 0.1) is 7.11 Å². The fourth-order valence-corrected chi connectivity index (χ4v) is 3.15. The Kier molecular flexibility index (Phi) is 3.53. The fourth-order valence-electron chi connectivity index (χ4n) is 3.15. The Morgan fingerprint density at radius 3 is 2.50 bits per heavy atom. The summed E-state index contributed by atoms with van der Waals surface area (Å²) in [5.74, 6) is 0.570. The molecule has 2 rings (SSSR count). The van der Waals surface area contributed by atoms with Crippen molar-refractivity contribution in [2.75, 3.05) is 7.11 Å². The van der Waals surface area contributed by atoms with Gasteiger partial charge in [0.25, 0.3) is 0 Å². The zero-order valence-electron chi connectivity index (χ0n) is 10.2. The fraction of sp³-hybridized carbons (Fsp3) is 0.923. The number of esters is 1. The Hall–Kier alpha value is -0.570. The third-order valence-corrected chi connectivity index (χ3v) is 4.43. The molecule has 0 aliphatic heterocycles. The Labute approximate surface area is 97.7 Å². The Bertz CT molecular complexity index is 255. The van der Waals surface area contributed by atoms with Crippen LogP contribution in [0.1, 0.15) is 51.4 Å². The molecule has 0 aromatic carbocycles. The molecule has 0 radical (unpaired) electrons. The zero-order valence-corrected chi connectivity index (χ0v) is 10.2. The number of rotatable bonds is 4. The number of hydrogen-bond acceptors (Lipinski definition) is 3. The highest BCUT2D eigenvalue weighted by molar-refractivity contribution is 5.77. The van der Waals surface area contributed by atoms with Gasteiger partial charge >= 0.3 is 5.97 Å². The summed E-state index contributed by atoms with van der Waals surface area (Å²) in [5, 5.41) is 0. The molecule has 1 unspecified atom stereocenters. The molecule has 0 aromatic rings. The van der Waals surface area contributed by atoms with E-state index in [2.05, 4.69) is 0 Å². The molecular weight excluding hydrogens is 202 g/mol. The lowest BCUT2D eigenvalue weighted by Crippen LogP contribution is -2.41. The number of methoxy groups -OCH3 is 1. The Morgan fingerprint density at radius 2 is 2.00 bits per heavy atom. The lowest BCUT2D eigenvalue weighted by molar-refractivity contribution is -0.144. The first kappa shape index (κ1) is 11.9. The van der Waals surface area contributed by atoms with Gasteiger partial charge in [0.1, 0.15) is 6.04 Å². The standard InChI is InChI=1S/C13H23NO2/c1-16-12(15)11(14)13(7-8-13)9-10-5-3-2-4-6-10/h10-11H,2-9,14H2,1H3. The van der Waals surface area contributed by atoms with Gasteiger partial charge in [0.15, 0.2) is 0 Å². The van der Waals surface area contributed by atoms with Crippen molar-refractivity contribution in [1.29, 1.82) is 0 Å². The van der Waals surface area contributed by atoms with Crippen molar-refractivity contribution in [2.24, 2.45) is 17.1 Å². The van der Waals surface area contributed by atoms with Gasteiger partial charge in [-0.05, 0) is 30.6 Å². The van der Waals surface area contributed by atoms with Crippen LogP contribution in [-0.2, 0) is 9.53 Å². The van der Waals surface area contributed by atoms with Gasteiger partial charge in [-0.25, -0.2) is 0 Å². The molecule has 0 bridgehead atoms. The Morgan fingerprint density at radius 1 is 1.38 bits per heavy atom. The van der Waals surface area contributed by atoms with Crippen molar-refractivity contribution >= 4 is 5.97 Å². The van der Waals surface area contributed by atoms with Crippen LogP contribution >= 0.6 is 0 Å². The third kappa shape index (κ3) is 2.40. The van der Waals surface area contributed by atoms with E-state index in [1.54, 1.807) is 0 Å². The first-order valence-corrected chi connectivity index (χ1v) is 6.51. The van der Waals surface area contributed by atoms with Crippen LogP contribution in [-0.4, -0.2) is 19.1 Å². The predicted molar refractivity (Wildman–Crippen MR) is 62.9 cm³/mol. The molecule has 3 heteroatoms. The normalized spacial score (nSPS) is 26.1. The Balaban J connectivity index is 1.89. The average molecular weight is 225 g/mol. The molecule has 3 nitrogen and oxygen atoms in total. The molecule has 0 aromatic heterocycles. The van der Waals surface area contributed by atoms with Crippen molar-refractivity contribution < 1.29 is 9.53 Å². The molecule has 0 amide bonds. The summed E-state index contributed by atoms with van der Waals surface area (Å²) in [6, 6.07) is -0.389. The van der Waals surface area contributed by atoms with Gasteiger partial charge in [-0.3, -0.25) is 4.79 Å². The van der Waals surface area contributed by atoms with Crippen LogP contribution in [0.4, 0.5) is 0 Å². The van der Waals surface area contributed by atoms with E-state index < -0.39 is 0 Å². The van der Waals surface area contributed by atoms with Crippen molar-refractivity contribution in [1.82, 2.24) is 0 Å². The molecule has 2 aliphatic rings. The summed E-state index contributed by atoms with van der Waals surface area (Å²) in [7, 11) is 1.43. The minimum atomic E-state index is -0.389. The van der Waals surface area contributed by atoms with Gasteiger partial charge in [0, 0.05) is 0 Å². The predicted octanol–water partition coefficient (Wildman–Crippen LogP) is 2.24. The number of carbonyl (C=O) groups excluding carboxylic acids is 1. The van der Waals surface area contributed by atoms with Crippen LogP contribution in [0.25, 0.3) is 0 Å². The molecule has 2 saturated carbocycles. The maximum absolute atomic E-state index is 11.5. The van der Waals surface area contributed by atoms with Crippen molar-refractivity contribution in [3.8, 4) is 0 Å². The summed E-state index contributed by atoms with van der Waals surface area (Å²) >= 11 is 0. The van der Waals surface area contributed by atoms with Gasteiger partial charge in [-0.1, -0.05) is 32.1 Å². The third-order valence-electron chi connectivity index (χ3n) is 4.43. The van der Waals surface area contributed by atoms with E-state index in [1.165, 1.54) is 39.2 Å². The zero-order chi connectivity index (χ0) is 11.6. The van der Waals surface area contributed by atoms with Gasteiger partial charge in [0.2, 0.25) is 0 Å². The molecule has 2 fully saturated rings. The number of hydrogen-bond donors (Lipinski definition) is 1. The summed E-state index contributed by atoms with van der Waals surface area (Å²) in [5.41, 5.74) is 6.10. The second kappa shape index (κ2) is 4.74. The largest absolute Gasteiger partial charge is 0.468 e. The number of carbonyl (C=O) groups is 1. The van der Waals surface area contributed by atoms with E-state index >= 15 is 0 Å². The van der Waals surface area contributed by atoms with Crippen LogP contribution in [0.2, 0.25) is 0 Å². The smallest absolute Gasteiger partial charge is 0.323 e. The molecule has 2 aliphatic carbocycles. The van der Waals surface area contributed by atoms with E-state index in [0.29, 0.717) is 0 Å². The molecular formula is C13H23NO2. The highest BCUT2D eigenvalue weighted by Gasteiger charge is 2.52. The van der Waals surface area contributed by atoms with E-state index in [0.717, 1.165) is 25.2 Å². The van der Waals surface area contributed by atoms with Gasteiger partial charge in [-0.2, -0.15) is 0 Å². The molecule has 0 spiro atoms. The average Bonchev–Trinajstić information content (AvgIpc) is 3.09. The van der Waals surface area contributed by atoms with E-state index in [-0.39, 0.29) is 17.4 Å². The quantitative estimate of drug-likeness (QED) is 0.746. The highest BCUT2D eigenvalue weighted by Crippen LogP contribution is 2.54. The van der Waals surface area contributed by atoms with Crippen molar-refractivity contribution in [3.63, 3.8) is 0 Å². The second-order valence-corrected chi connectivity index (χ2v) is 5.57. The number of ether oxygens (including phenoxy) is 1. The molecule has 92 valence electrons. The molecule has 1 atom stereocenters. The van der Waals surface area contributed by atoms with E-state index in [4.69, 9.17) is 10.5 Å². The lowest BCUT2D eigenvalue weighted by Gasteiger charge is -2.28. The maximum Gasteiger partial charge on any atom is 0.323 e. The molecule has 0 heterocycles. The highest BCUT2D eigenvalue weighted by atomic mass is 16.5. The first-order valence-electron chi connectivity index (χ1n) is 6.51.